The van der Waals surface area contributed by atoms with Crippen molar-refractivity contribution in [2.75, 3.05) is 0 Å². The number of benzene rings is 1. The van der Waals surface area contributed by atoms with E-state index in [1.807, 2.05) is 0 Å². The molecular formula is C13H11FO2. The van der Waals surface area contributed by atoms with Gasteiger partial charge in [0.25, 0.3) is 0 Å². The van der Waals surface area contributed by atoms with Crippen LogP contribution in [-0.4, -0.2) is 5.78 Å². The molecule has 0 unspecified atom stereocenters. The highest BCUT2D eigenvalue weighted by Gasteiger charge is 2.14. The van der Waals surface area contributed by atoms with Gasteiger partial charge in [0.2, 0.25) is 0 Å². The number of hydrogen-bond donors (Lipinski definition) is 0. The first-order valence-corrected chi connectivity index (χ1v) is 4.94. The first kappa shape index (κ1) is 10.6. The number of furan rings is 1. The minimum absolute atomic E-state index is 0.214. The van der Waals surface area contributed by atoms with Crippen molar-refractivity contribution >= 4 is 5.78 Å². The first-order valence-electron chi connectivity index (χ1n) is 4.94. The molecule has 0 N–H and O–H groups in total. The van der Waals surface area contributed by atoms with Crippen LogP contribution in [0.25, 0.3) is 0 Å². The van der Waals surface area contributed by atoms with E-state index in [0.29, 0.717) is 16.9 Å². The van der Waals surface area contributed by atoms with Crippen LogP contribution in [0, 0.1) is 19.7 Å². The molecule has 0 saturated carbocycles. The second-order valence-electron chi connectivity index (χ2n) is 3.73. The maximum atomic E-state index is 13.1. The monoisotopic (exact) mass is 218 g/mol. The van der Waals surface area contributed by atoms with Crippen molar-refractivity contribution in [3.05, 3.63) is 58.8 Å². The normalized spacial score (nSPS) is 10.4. The van der Waals surface area contributed by atoms with Gasteiger partial charge < -0.3 is 4.42 Å². The van der Waals surface area contributed by atoms with E-state index in [1.165, 1.54) is 18.4 Å². The molecule has 0 aliphatic carbocycles. The van der Waals surface area contributed by atoms with Crippen LogP contribution in [-0.2, 0) is 0 Å². The lowest BCUT2D eigenvalue weighted by atomic mass is 10.0. The topological polar surface area (TPSA) is 30.2 Å². The van der Waals surface area contributed by atoms with E-state index in [2.05, 4.69) is 0 Å². The van der Waals surface area contributed by atoms with Crippen LogP contribution in [0.1, 0.15) is 27.2 Å². The number of hydrogen-bond acceptors (Lipinski definition) is 2. The predicted molar refractivity (Wildman–Crippen MR) is 58.0 cm³/mol. The highest BCUT2D eigenvalue weighted by atomic mass is 19.1. The van der Waals surface area contributed by atoms with Crippen LogP contribution in [0.5, 0.6) is 0 Å². The molecule has 2 rings (SSSR count). The fraction of sp³-hybridized carbons (Fsp3) is 0.154. The number of carbonyl (C=O) groups is 1. The summed E-state index contributed by atoms with van der Waals surface area (Å²) in [4.78, 5) is 12.0. The van der Waals surface area contributed by atoms with Crippen LogP contribution < -0.4 is 0 Å². The summed E-state index contributed by atoms with van der Waals surface area (Å²) in [6.07, 6.45) is 1.39. The lowest BCUT2D eigenvalue weighted by Gasteiger charge is -2.02. The van der Waals surface area contributed by atoms with E-state index in [9.17, 15) is 9.18 Å². The predicted octanol–water partition coefficient (Wildman–Crippen LogP) is 3.27. The standard InChI is InChI=1S/C13H11FO2/c1-8-3-4-11(14)6-12(8)13(15)10-5-9(2)16-7-10/h3-7H,1-2H3. The Morgan fingerprint density at radius 3 is 2.62 bits per heavy atom. The lowest BCUT2D eigenvalue weighted by Crippen LogP contribution is -2.02. The smallest absolute Gasteiger partial charge is 0.196 e. The van der Waals surface area contributed by atoms with Gasteiger partial charge in [0.1, 0.15) is 17.8 Å². The van der Waals surface area contributed by atoms with Crippen molar-refractivity contribution in [2.45, 2.75) is 13.8 Å². The van der Waals surface area contributed by atoms with Gasteiger partial charge in [0.05, 0.1) is 5.56 Å². The molecular weight excluding hydrogens is 207 g/mol. The Morgan fingerprint density at radius 1 is 1.25 bits per heavy atom. The van der Waals surface area contributed by atoms with Gasteiger partial charge >= 0.3 is 0 Å². The van der Waals surface area contributed by atoms with Crippen LogP contribution in [0.4, 0.5) is 4.39 Å². The van der Waals surface area contributed by atoms with E-state index in [-0.39, 0.29) is 5.78 Å². The summed E-state index contributed by atoms with van der Waals surface area (Å²) in [6, 6.07) is 5.83. The highest BCUT2D eigenvalue weighted by molar-refractivity contribution is 6.09. The van der Waals surface area contributed by atoms with Gasteiger partial charge in [-0.2, -0.15) is 0 Å². The molecule has 0 saturated heterocycles. The number of rotatable bonds is 2. The largest absolute Gasteiger partial charge is 0.469 e. The third kappa shape index (κ3) is 1.89. The Hall–Kier alpha value is -1.90. The van der Waals surface area contributed by atoms with Gasteiger partial charge in [-0.15, -0.1) is 0 Å². The van der Waals surface area contributed by atoms with Crippen molar-refractivity contribution < 1.29 is 13.6 Å². The van der Waals surface area contributed by atoms with Gasteiger partial charge in [-0.3, -0.25) is 4.79 Å². The van der Waals surface area contributed by atoms with E-state index in [4.69, 9.17) is 4.42 Å². The number of halogens is 1. The van der Waals surface area contributed by atoms with Gasteiger partial charge in [-0.05, 0) is 37.6 Å². The zero-order valence-corrected chi connectivity index (χ0v) is 9.08. The molecule has 0 aliphatic rings. The average Bonchev–Trinajstić information content (AvgIpc) is 2.67. The van der Waals surface area contributed by atoms with E-state index >= 15 is 0 Å². The van der Waals surface area contributed by atoms with E-state index < -0.39 is 5.82 Å². The summed E-state index contributed by atoms with van der Waals surface area (Å²) >= 11 is 0. The van der Waals surface area contributed by atoms with Crippen LogP contribution >= 0.6 is 0 Å². The Balaban J connectivity index is 2.45. The SMILES string of the molecule is Cc1cc(C(=O)c2cc(F)ccc2C)co1. The minimum Gasteiger partial charge on any atom is -0.469 e. The zero-order chi connectivity index (χ0) is 11.7. The fourth-order valence-corrected chi connectivity index (χ4v) is 1.56. The fourth-order valence-electron chi connectivity index (χ4n) is 1.56. The van der Waals surface area contributed by atoms with Crippen LogP contribution in [0.2, 0.25) is 0 Å². The summed E-state index contributed by atoms with van der Waals surface area (Å²) in [7, 11) is 0. The summed E-state index contributed by atoms with van der Waals surface area (Å²) in [5.41, 5.74) is 1.58. The third-order valence-electron chi connectivity index (χ3n) is 2.44. The van der Waals surface area contributed by atoms with E-state index in [1.54, 1.807) is 26.0 Å². The van der Waals surface area contributed by atoms with Crippen molar-refractivity contribution in [1.82, 2.24) is 0 Å². The van der Waals surface area contributed by atoms with Gasteiger partial charge in [0, 0.05) is 5.56 Å². The van der Waals surface area contributed by atoms with Crippen molar-refractivity contribution in [3.63, 3.8) is 0 Å². The van der Waals surface area contributed by atoms with E-state index in [0.717, 1.165) is 5.56 Å². The number of aryl methyl sites for hydroxylation is 2. The molecule has 0 spiro atoms. The molecule has 0 fully saturated rings. The van der Waals surface area contributed by atoms with Crippen molar-refractivity contribution in [3.8, 4) is 0 Å². The number of ketones is 1. The molecule has 16 heavy (non-hydrogen) atoms. The maximum Gasteiger partial charge on any atom is 0.196 e. The quantitative estimate of drug-likeness (QED) is 0.724. The lowest BCUT2D eigenvalue weighted by molar-refractivity contribution is 0.103. The number of carbonyl (C=O) groups excluding carboxylic acids is 1. The second kappa shape index (κ2) is 3.93. The van der Waals surface area contributed by atoms with Crippen LogP contribution in [0.15, 0.2) is 34.9 Å². The molecule has 1 heterocycles. The Bertz CT molecular complexity index is 541. The molecule has 2 aromatic rings. The van der Waals surface area contributed by atoms with Crippen LogP contribution in [0.3, 0.4) is 0 Å². The summed E-state index contributed by atoms with van der Waals surface area (Å²) in [5.74, 6) is 0.0421. The summed E-state index contributed by atoms with van der Waals surface area (Å²) in [6.45, 7) is 3.54. The Labute approximate surface area is 92.7 Å². The second-order valence-corrected chi connectivity index (χ2v) is 3.73. The molecule has 0 aliphatic heterocycles. The Kier molecular flexibility index (Phi) is 2.60. The molecule has 0 radical (unpaired) electrons. The maximum absolute atomic E-state index is 13.1. The highest BCUT2D eigenvalue weighted by Crippen LogP contribution is 2.17. The van der Waals surface area contributed by atoms with Gasteiger partial charge in [-0.1, -0.05) is 6.07 Å². The molecule has 1 aromatic heterocycles. The molecule has 0 bridgehead atoms. The molecule has 1 aromatic carbocycles. The molecule has 3 heteroatoms. The molecule has 2 nitrogen and oxygen atoms in total. The zero-order valence-electron chi connectivity index (χ0n) is 9.08. The summed E-state index contributed by atoms with van der Waals surface area (Å²) in [5, 5.41) is 0. The van der Waals surface area contributed by atoms with Crippen molar-refractivity contribution in [1.29, 1.82) is 0 Å². The van der Waals surface area contributed by atoms with Gasteiger partial charge in [-0.25, -0.2) is 4.39 Å². The summed E-state index contributed by atoms with van der Waals surface area (Å²) < 4.78 is 18.1. The minimum atomic E-state index is -0.408. The first-order chi connectivity index (χ1) is 7.58. The Morgan fingerprint density at radius 2 is 2.00 bits per heavy atom. The van der Waals surface area contributed by atoms with Gasteiger partial charge in [0.15, 0.2) is 5.78 Å². The molecule has 82 valence electrons. The van der Waals surface area contributed by atoms with Crippen molar-refractivity contribution in [2.24, 2.45) is 0 Å². The molecule has 0 atom stereocenters. The third-order valence-corrected chi connectivity index (χ3v) is 2.44. The average molecular weight is 218 g/mol. The molecule has 0 amide bonds.